The zero-order valence-electron chi connectivity index (χ0n) is 17.6. The molecule has 1 N–H and O–H groups in total. The molecule has 1 aliphatic heterocycles. The number of aliphatic hydroxyl groups is 1. The molecular weight excluding hydrogens is 451 g/mol. The van der Waals surface area contributed by atoms with Gasteiger partial charge in [0.25, 0.3) is 0 Å². The van der Waals surface area contributed by atoms with E-state index < -0.39 is 28.0 Å². The lowest BCUT2D eigenvalue weighted by Gasteiger charge is -2.35. The molecule has 1 aromatic carbocycles. The van der Waals surface area contributed by atoms with Gasteiger partial charge < -0.3 is 14.7 Å². The van der Waals surface area contributed by atoms with Crippen LogP contribution >= 0.6 is 23.2 Å². The number of hydrogen-bond donors (Lipinski definition) is 1. The molecule has 1 heterocycles. The maximum Gasteiger partial charge on any atom is 0.244 e. The van der Waals surface area contributed by atoms with E-state index >= 15 is 0 Å². The van der Waals surface area contributed by atoms with Crippen LogP contribution in [-0.4, -0.2) is 74.1 Å². The van der Waals surface area contributed by atoms with Crippen molar-refractivity contribution in [1.82, 2.24) is 9.21 Å². The number of sulfonamides is 1. The highest BCUT2D eigenvalue weighted by Gasteiger charge is 2.46. The van der Waals surface area contributed by atoms with Crippen molar-refractivity contribution in [3.05, 3.63) is 28.2 Å². The first-order valence-corrected chi connectivity index (χ1v) is 12.2. The summed E-state index contributed by atoms with van der Waals surface area (Å²) >= 11 is 12.1. The zero-order valence-corrected chi connectivity index (χ0v) is 19.9. The van der Waals surface area contributed by atoms with Gasteiger partial charge in [-0.25, -0.2) is 8.42 Å². The summed E-state index contributed by atoms with van der Waals surface area (Å²) in [5, 5.41) is 10.5. The monoisotopic (exact) mass is 480 g/mol. The Kier molecular flexibility index (Phi) is 9.39. The topological polar surface area (TPSA) is 87.2 Å². The number of unbranched alkanes of at least 4 members (excludes halogenated alkanes) is 1. The normalized spacial score (nSPS) is 23.6. The Morgan fingerprint density at radius 3 is 2.40 bits per heavy atom. The number of methoxy groups -OCH3 is 1. The number of rotatable bonds is 9. The Morgan fingerprint density at radius 2 is 1.87 bits per heavy atom. The van der Waals surface area contributed by atoms with Gasteiger partial charge in [-0.3, -0.25) is 4.79 Å². The largest absolute Gasteiger partial charge is 0.396 e. The summed E-state index contributed by atoms with van der Waals surface area (Å²) in [4.78, 5) is 14.7. The molecule has 1 aromatic rings. The highest BCUT2D eigenvalue weighted by molar-refractivity contribution is 7.89. The van der Waals surface area contributed by atoms with Gasteiger partial charge in [-0.15, -0.1) is 0 Å². The number of carbonyl (C=O) groups is 1. The minimum absolute atomic E-state index is 0.0665. The predicted octanol–water partition coefficient (Wildman–Crippen LogP) is 3.03. The SMILES string of the molecule is CCCC[C@H]1[C@@H](CO)CN(CCOC)C(=O)C(C)N1S(=O)(=O)c1cc(Cl)cc(Cl)c1. The van der Waals surface area contributed by atoms with E-state index in [9.17, 15) is 18.3 Å². The standard InChI is InChI=1S/C20H30Cl2N2O5S/c1-4-5-6-19-15(13-25)12-23(7-8-29-3)20(26)14(2)24(19)30(27,28)18-10-16(21)9-17(22)11-18/h9-11,14-15,19,25H,4-8,12-13H2,1-3H3/t14?,15-,19+/m1/s1. The van der Waals surface area contributed by atoms with Crippen LogP contribution in [0.3, 0.4) is 0 Å². The van der Waals surface area contributed by atoms with Crippen LogP contribution in [0.4, 0.5) is 0 Å². The van der Waals surface area contributed by atoms with Gasteiger partial charge in [0.1, 0.15) is 6.04 Å². The first kappa shape index (κ1) is 25.4. The summed E-state index contributed by atoms with van der Waals surface area (Å²) in [6, 6.07) is 2.64. The van der Waals surface area contributed by atoms with E-state index in [4.69, 9.17) is 27.9 Å². The third kappa shape index (κ3) is 5.66. The van der Waals surface area contributed by atoms with Crippen molar-refractivity contribution in [2.45, 2.75) is 50.1 Å². The predicted molar refractivity (Wildman–Crippen MR) is 117 cm³/mol. The van der Waals surface area contributed by atoms with Crippen molar-refractivity contribution in [2.75, 3.05) is 33.4 Å². The van der Waals surface area contributed by atoms with Crippen LogP contribution in [0.5, 0.6) is 0 Å². The second-order valence-electron chi connectivity index (χ2n) is 7.55. The molecule has 30 heavy (non-hydrogen) atoms. The zero-order chi connectivity index (χ0) is 22.5. The fraction of sp³-hybridized carbons (Fsp3) is 0.650. The first-order valence-electron chi connectivity index (χ1n) is 10.1. The highest BCUT2D eigenvalue weighted by Crippen LogP contribution is 2.33. The summed E-state index contributed by atoms with van der Waals surface area (Å²) in [5.74, 6) is -0.743. The van der Waals surface area contributed by atoms with Crippen molar-refractivity contribution in [2.24, 2.45) is 5.92 Å². The maximum atomic E-state index is 13.7. The lowest BCUT2D eigenvalue weighted by molar-refractivity contribution is -0.134. The molecule has 1 amide bonds. The number of hydrogen-bond acceptors (Lipinski definition) is 5. The van der Waals surface area contributed by atoms with Crippen molar-refractivity contribution in [3.8, 4) is 0 Å². The molecule has 1 unspecified atom stereocenters. The van der Waals surface area contributed by atoms with Gasteiger partial charge in [-0.05, 0) is 31.5 Å². The third-order valence-electron chi connectivity index (χ3n) is 5.44. The van der Waals surface area contributed by atoms with E-state index in [0.29, 0.717) is 19.6 Å². The van der Waals surface area contributed by atoms with Gasteiger partial charge in [-0.1, -0.05) is 43.0 Å². The van der Waals surface area contributed by atoms with Crippen LogP contribution in [0.15, 0.2) is 23.1 Å². The molecule has 7 nitrogen and oxygen atoms in total. The Bertz CT molecular complexity index is 816. The number of nitrogens with zero attached hydrogens (tertiary/aromatic N) is 2. The molecule has 170 valence electrons. The third-order valence-corrected chi connectivity index (χ3v) is 7.85. The maximum absolute atomic E-state index is 13.7. The molecule has 0 bridgehead atoms. The summed E-state index contributed by atoms with van der Waals surface area (Å²) in [7, 11) is -2.56. The number of aliphatic hydroxyl groups excluding tert-OH is 1. The molecule has 3 atom stereocenters. The fourth-order valence-corrected chi connectivity index (χ4v) is 6.50. The Morgan fingerprint density at radius 1 is 1.23 bits per heavy atom. The molecule has 0 aliphatic carbocycles. The molecule has 0 radical (unpaired) electrons. The molecule has 2 rings (SSSR count). The Balaban J connectivity index is 2.58. The number of halogens is 2. The van der Waals surface area contributed by atoms with Crippen LogP contribution in [0.1, 0.15) is 33.1 Å². The average molecular weight is 481 g/mol. The summed E-state index contributed by atoms with van der Waals surface area (Å²) in [6.07, 6.45) is 2.16. The molecule has 0 saturated carbocycles. The second kappa shape index (κ2) is 11.1. The lowest BCUT2D eigenvalue weighted by Crippen LogP contribution is -2.51. The van der Waals surface area contributed by atoms with Crippen molar-refractivity contribution < 1.29 is 23.1 Å². The van der Waals surface area contributed by atoms with E-state index in [0.717, 1.165) is 12.8 Å². The Hall–Kier alpha value is -0.900. The van der Waals surface area contributed by atoms with Crippen LogP contribution < -0.4 is 0 Å². The molecule has 0 spiro atoms. The minimum Gasteiger partial charge on any atom is -0.396 e. The molecule has 1 aliphatic rings. The van der Waals surface area contributed by atoms with Gasteiger partial charge in [0.15, 0.2) is 0 Å². The smallest absolute Gasteiger partial charge is 0.244 e. The van der Waals surface area contributed by atoms with Crippen molar-refractivity contribution in [1.29, 1.82) is 0 Å². The van der Waals surface area contributed by atoms with Crippen molar-refractivity contribution in [3.63, 3.8) is 0 Å². The number of ether oxygens (including phenoxy) is 1. The number of amides is 1. The van der Waals surface area contributed by atoms with E-state index in [1.165, 1.54) is 22.5 Å². The molecule has 1 saturated heterocycles. The first-order chi connectivity index (χ1) is 14.2. The highest BCUT2D eigenvalue weighted by atomic mass is 35.5. The van der Waals surface area contributed by atoms with Crippen LogP contribution in [0.2, 0.25) is 10.0 Å². The van der Waals surface area contributed by atoms with E-state index in [1.807, 2.05) is 6.92 Å². The van der Waals surface area contributed by atoms with Crippen LogP contribution in [0.25, 0.3) is 0 Å². The minimum atomic E-state index is -4.10. The molecule has 0 aromatic heterocycles. The molecule has 1 fully saturated rings. The second-order valence-corrected chi connectivity index (χ2v) is 10.3. The lowest BCUT2D eigenvalue weighted by atomic mass is 9.95. The van der Waals surface area contributed by atoms with Gasteiger partial charge in [-0.2, -0.15) is 4.31 Å². The van der Waals surface area contributed by atoms with Gasteiger partial charge in [0, 0.05) is 48.8 Å². The van der Waals surface area contributed by atoms with Gasteiger partial charge in [0.2, 0.25) is 15.9 Å². The number of carbonyl (C=O) groups excluding carboxylic acids is 1. The summed E-state index contributed by atoms with van der Waals surface area (Å²) in [5.41, 5.74) is 0. The quantitative estimate of drug-likeness (QED) is 0.586. The molecule has 10 heteroatoms. The van der Waals surface area contributed by atoms with Gasteiger partial charge >= 0.3 is 0 Å². The van der Waals surface area contributed by atoms with Crippen molar-refractivity contribution >= 4 is 39.1 Å². The summed E-state index contributed by atoms with van der Waals surface area (Å²) < 4.78 is 33.7. The summed E-state index contributed by atoms with van der Waals surface area (Å²) in [6.45, 7) is 4.28. The van der Waals surface area contributed by atoms with E-state index in [2.05, 4.69) is 0 Å². The Labute approximate surface area is 188 Å². The van der Waals surface area contributed by atoms with Gasteiger partial charge in [0.05, 0.1) is 11.5 Å². The molecular formula is C20H30Cl2N2O5S. The van der Waals surface area contributed by atoms with E-state index in [-0.39, 0.29) is 34.0 Å². The average Bonchev–Trinajstić information content (AvgIpc) is 2.79. The van der Waals surface area contributed by atoms with Crippen LogP contribution in [0, 0.1) is 5.92 Å². The van der Waals surface area contributed by atoms with Crippen LogP contribution in [-0.2, 0) is 19.6 Å². The van der Waals surface area contributed by atoms with E-state index in [1.54, 1.807) is 18.9 Å². The fourth-order valence-electron chi connectivity index (χ4n) is 3.91. The number of benzene rings is 1.